The summed E-state index contributed by atoms with van der Waals surface area (Å²) in [7, 11) is 0. The Morgan fingerprint density at radius 3 is 2.80 bits per heavy atom. The van der Waals surface area contributed by atoms with Crippen molar-refractivity contribution in [2.24, 2.45) is 5.92 Å². The molecule has 1 saturated heterocycles. The van der Waals surface area contributed by atoms with Gasteiger partial charge in [-0.2, -0.15) is 0 Å². The Kier molecular flexibility index (Phi) is 6.35. The first kappa shape index (κ1) is 18.2. The predicted molar refractivity (Wildman–Crippen MR) is 101 cm³/mol. The van der Waals surface area contributed by atoms with E-state index in [4.69, 9.17) is 4.74 Å². The first-order valence-corrected chi connectivity index (χ1v) is 9.90. The zero-order valence-corrected chi connectivity index (χ0v) is 15.7. The number of hydrogen-bond acceptors (Lipinski definition) is 3. The van der Waals surface area contributed by atoms with E-state index in [0.29, 0.717) is 18.1 Å². The molecule has 0 aromatic heterocycles. The summed E-state index contributed by atoms with van der Waals surface area (Å²) in [6, 6.07) is 9.00. The Morgan fingerprint density at radius 2 is 2.08 bits per heavy atom. The van der Waals surface area contributed by atoms with E-state index >= 15 is 0 Å². The summed E-state index contributed by atoms with van der Waals surface area (Å²) >= 11 is 0. The molecule has 1 aromatic carbocycles. The predicted octanol–water partition coefficient (Wildman–Crippen LogP) is 3.74. The molecule has 3 rings (SSSR count). The average molecular weight is 344 g/mol. The number of rotatable bonds is 6. The van der Waals surface area contributed by atoms with Gasteiger partial charge in [-0.1, -0.05) is 25.5 Å². The number of hydrogen-bond donors (Lipinski definition) is 1. The molecule has 0 unspecified atom stereocenters. The highest BCUT2D eigenvalue weighted by Gasteiger charge is 2.28. The number of piperidine rings is 1. The summed E-state index contributed by atoms with van der Waals surface area (Å²) in [6.07, 6.45) is 7.52. The van der Waals surface area contributed by atoms with Crippen LogP contribution in [0.25, 0.3) is 0 Å². The van der Waals surface area contributed by atoms with Crippen LogP contribution in [-0.2, 0) is 11.3 Å². The topological polar surface area (TPSA) is 41.6 Å². The fraction of sp³-hybridized carbons (Fsp3) is 0.667. The van der Waals surface area contributed by atoms with Crippen LogP contribution >= 0.6 is 0 Å². The van der Waals surface area contributed by atoms with Crippen LogP contribution in [0.4, 0.5) is 0 Å². The van der Waals surface area contributed by atoms with Crippen molar-refractivity contribution in [3.8, 4) is 5.75 Å². The lowest BCUT2D eigenvalue weighted by Crippen LogP contribution is -2.50. The van der Waals surface area contributed by atoms with Crippen molar-refractivity contribution in [2.45, 2.75) is 71.1 Å². The lowest BCUT2D eigenvalue weighted by molar-refractivity contribution is -0.131. The Hall–Kier alpha value is -1.55. The summed E-state index contributed by atoms with van der Waals surface area (Å²) in [5, 5.41) is 3.73. The second-order valence-corrected chi connectivity index (χ2v) is 7.58. The third-order valence-electron chi connectivity index (χ3n) is 5.78. The Morgan fingerprint density at radius 1 is 1.28 bits per heavy atom. The molecule has 2 aliphatic rings. The minimum atomic E-state index is 0.202. The van der Waals surface area contributed by atoms with Crippen LogP contribution in [0.5, 0.6) is 5.75 Å². The highest BCUT2D eigenvalue weighted by Crippen LogP contribution is 2.25. The SMILES string of the molecule is CC[C@@H]1CN(C(C)=O)CC[C@@H]1NCc1cccc(OC2CCCC2)c1. The van der Waals surface area contributed by atoms with E-state index in [-0.39, 0.29) is 5.91 Å². The zero-order valence-electron chi connectivity index (χ0n) is 15.7. The molecule has 1 N–H and O–H groups in total. The van der Waals surface area contributed by atoms with Crippen molar-refractivity contribution >= 4 is 5.91 Å². The number of amides is 1. The van der Waals surface area contributed by atoms with Gasteiger partial charge in [-0.3, -0.25) is 4.79 Å². The first-order valence-electron chi connectivity index (χ1n) is 9.90. The summed E-state index contributed by atoms with van der Waals surface area (Å²) < 4.78 is 6.12. The number of carbonyl (C=O) groups is 1. The number of nitrogens with zero attached hydrogens (tertiary/aromatic N) is 1. The minimum absolute atomic E-state index is 0.202. The van der Waals surface area contributed by atoms with E-state index in [9.17, 15) is 4.79 Å². The molecule has 0 bridgehead atoms. The Bertz CT molecular complexity index is 569. The molecule has 1 saturated carbocycles. The third kappa shape index (κ3) is 4.97. The molecule has 1 heterocycles. The molecule has 1 aliphatic heterocycles. The third-order valence-corrected chi connectivity index (χ3v) is 5.78. The number of benzene rings is 1. The quantitative estimate of drug-likeness (QED) is 0.855. The largest absolute Gasteiger partial charge is 0.490 e. The maximum atomic E-state index is 11.6. The molecule has 0 spiro atoms. The summed E-state index contributed by atoms with van der Waals surface area (Å²) in [5.41, 5.74) is 1.28. The maximum absolute atomic E-state index is 11.6. The molecule has 4 heteroatoms. The number of nitrogens with one attached hydrogen (secondary N) is 1. The van der Waals surface area contributed by atoms with Gasteiger partial charge in [0.15, 0.2) is 0 Å². The van der Waals surface area contributed by atoms with Gasteiger partial charge in [0.25, 0.3) is 0 Å². The lowest BCUT2D eigenvalue weighted by Gasteiger charge is -2.38. The van der Waals surface area contributed by atoms with E-state index in [1.807, 2.05) is 4.90 Å². The van der Waals surface area contributed by atoms with Gasteiger partial charge in [-0.15, -0.1) is 0 Å². The van der Waals surface area contributed by atoms with Crippen LogP contribution in [0.2, 0.25) is 0 Å². The van der Waals surface area contributed by atoms with Gasteiger partial charge < -0.3 is 15.0 Å². The highest BCUT2D eigenvalue weighted by atomic mass is 16.5. The van der Waals surface area contributed by atoms with Crippen molar-refractivity contribution in [3.05, 3.63) is 29.8 Å². The molecular weight excluding hydrogens is 312 g/mol. The first-order chi connectivity index (χ1) is 12.2. The van der Waals surface area contributed by atoms with E-state index in [2.05, 4.69) is 36.5 Å². The Balaban J connectivity index is 1.53. The Labute approximate surface area is 151 Å². The van der Waals surface area contributed by atoms with E-state index < -0.39 is 0 Å². The zero-order chi connectivity index (χ0) is 17.6. The van der Waals surface area contributed by atoms with Crippen molar-refractivity contribution in [3.63, 3.8) is 0 Å². The van der Waals surface area contributed by atoms with Crippen LogP contribution in [0.1, 0.15) is 57.9 Å². The van der Waals surface area contributed by atoms with Crippen molar-refractivity contribution in [2.75, 3.05) is 13.1 Å². The van der Waals surface area contributed by atoms with E-state index in [1.54, 1.807) is 6.92 Å². The fourth-order valence-electron chi connectivity index (χ4n) is 4.18. The molecule has 0 radical (unpaired) electrons. The smallest absolute Gasteiger partial charge is 0.219 e. The van der Waals surface area contributed by atoms with Gasteiger partial charge in [-0.25, -0.2) is 0 Å². The van der Waals surface area contributed by atoms with Gasteiger partial charge in [0, 0.05) is 32.6 Å². The second-order valence-electron chi connectivity index (χ2n) is 7.58. The molecule has 25 heavy (non-hydrogen) atoms. The molecule has 1 aliphatic carbocycles. The van der Waals surface area contributed by atoms with Crippen molar-refractivity contribution < 1.29 is 9.53 Å². The minimum Gasteiger partial charge on any atom is -0.490 e. The van der Waals surface area contributed by atoms with E-state index in [1.165, 1.54) is 31.2 Å². The highest BCUT2D eigenvalue weighted by molar-refractivity contribution is 5.73. The summed E-state index contributed by atoms with van der Waals surface area (Å²) in [6.45, 7) is 6.52. The van der Waals surface area contributed by atoms with Gasteiger partial charge >= 0.3 is 0 Å². The molecule has 138 valence electrons. The van der Waals surface area contributed by atoms with Crippen LogP contribution < -0.4 is 10.1 Å². The molecule has 4 nitrogen and oxygen atoms in total. The molecule has 1 amide bonds. The number of carbonyl (C=O) groups excluding carboxylic acids is 1. The fourth-order valence-corrected chi connectivity index (χ4v) is 4.18. The van der Waals surface area contributed by atoms with Crippen LogP contribution in [0, 0.1) is 5.92 Å². The monoisotopic (exact) mass is 344 g/mol. The van der Waals surface area contributed by atoms with E-state index in [0.717, 1.165) is 38.2 Å². The summed E-state index contributed by atoms with van der Waals surface area (Å²) in [4.78, 5) is 13.6. The molecular formula is C21H32N2O2. The number of ether oxygens (including phenoxy) is 1. The van der Waals surface area contributed by atoms with Crippen molar-refractivity contribution in [1.29, 1.82) is 0 Å². The van der Waals surface area contributed by atoms with Crippen LogP contribution in [0.3, 0.4) is 0 Å². The standard InChI is InChI=1S/C21H32N2O2/c1-3-18-15-23(16(2)24)12-11-21(18)22-14-17-7-6-10-20(13-17)25-19-8-4-5-9-19/h6-7,10,13,18-19,21-22H,3-5,8-9,11-12,14-15H2,1-2H3/t18-,21+/m1/s1. The summed E-state index contributed by atoms with van der Waals surface area (Å²) in [5.74, 6) is 1.74. The maximum Gasteiger partial charge on any atom is 0.219 e. The molecule has 2 fully saturated rings. The van der Waals surface area contributed by atoms with Crippen molar-refractivity contribution in [1.82, 2.24) is 10.2 Å². The van der Waals surface area contributed by atoms with Crippen LogP contribution in [0.15, 0.2) is 24.3 Å². The van der Waals surface area contributed by atoms with Gasteiger partial charge in [0.05, 0.1) is 6.10 Å². The van der Waals surface area contributed by atoms with Gasteiger partial charge in [0.2, 0.25) is 5.91 Å². The lowest BCUT2D eigenvalue weighted by atomic mass is 9.89. The molecule has 2 atom stereocenters. The van der Waals surface area contributed by atoms with Gasteiger partial charge in [-0.05, 0) is 55.7 Å². The van der Waals surface area contributed by atoms with Crippen LogP contribution in [-0.4, -0.2) is 36.0 Å². The second kappa shape index (κ2) is 8.70. The average Bonchev–Trinajstić information content (AvgIpc) is 3.13. The normalized spacial score (nSPS) is 24.5. The number of likely N-dealkylation sites (tertiary alicyclic amines) is 1. The van der Waals surface area contributed by atoms with Gasteiger partial charge in [0.1, 0.15) is 5.75 Å². The molecule has 1 aromatic rings.